The molecule has 8 nitrogen and oxygen atoms in total. The van der Waals surface area contributed by atoms with Crippen LogP contribution in [0.4, 0.5) is 5.69 Å². The van der Waals surface area contributed by atoms with Gasteiger partial charge in [-0.3, -0.25) is 14.2 Å². The number of benzene rings is 2. The SMILES string of the molecule is COc1ccc(OC)c(NC(=O)Cn2c(=O)[nH]c3ccccc3c2=O)c1. The average molecular weight is 355 g/mol. The minimum Gasteiger partial charge on any atom is -0.497 e. The first kappa shape index (κ1) is 17.3. The first-order valence-electron chi connectivity index (χ1n) is 7.77. The number of hydrogen-bond acceptors (Lipinski definition) is 5. The van der Waals surface area contributed by atoms with Crippen LogP contribution in [0.5, 0.6) is 11.5 Å². The maximum Gasteiger partial charge on any atom is 0.329 e. The van der Waals surface area contributed by atoms with Crippen LogP contribution in [0.15, 0.2) is 52.1 Å². The average Bonchev–Trinajstić information content (AvgIpc) is 2.65. The third-order valence-corrected chi connectivity index (χ3v) is 3.87. The van der Waals surface area contributed by atoms with Crippen LogP contribution in [0.25, 0.3) is 10.9 Å². The number of hydrogen-bond donors (Lipinski definition) is 2. The highest BCUT2D eigenvalue weighted by Crippen LogP contribution is 2.28. The van der Waals surface area contributed by atoms with Crippen molar-refractivity contribution < 1.29 is 14.3 Å². The van der Waals surface area contributed by atoms with Crippen LogP contribution in [-0.2, 0) is 11.3 Å². The summed E-state index contributed by atoms with van der Waals surface area (Å²) in [4.78, 5) is 39.6. The molecule has 0 spiro atoms. The van der Waals surface area contributed by atoms with Crippen molar-refractivity contribution in [3.63, 3.8) is 0 Å². The quantitative estimate of drug-likeness (QED) is 0.719. The molecule has 8 heteroatoms. The molecule has 0 unspecified atom stereocenters. The molecule has 0 bridgehead atoms. The van der Waals surface area contributed by atoms with E-state index < -0.39 is 23.7 Å². The van der Waals surface area contributed by atoms with Crippen molar-refractivity contribution in [2.24, 2.45) is 0 Å². The van der Waals surface area contributed by atoms with Crippen LogP contribution in [0.1, 0.15) is 0 Å². The van der Waals surface area contributed by atoms with Crippen molar-refractivity contribution >= 4 is 22.5 Å². The zero-order valence-electron chi connectivity index (χ0n) is 14.2. The van der Waals surface area contributed by atoms with Gasteiger partial charge in [-0.05, 0) is 24.3 Å². The molecule has 0 fully saturated rings. The minimum atomic E-state index is -0.651. The molecule has 0 aliphatic rings. The number of amides is 1. The van der Waals surface area contributed by atoms with Crippen LogP contribution in [0.2, 0.25) is 0 Å². The second-order valence-corrected chi connectivity index (χ2v) is 5.48. The van der Waals surface area contributed by atoms with E-state index in [-0.39, 0.29) is 0 Å². The van der Waals surface area contributed by atoms with Gasteiger partial charge >= 0.3 is 5.69 Å². The zero-order chi connectivity index (χ0) is 18.7. The first-order valence-corrected chi connectivity index (χ1v) is 7.77. The van der Waals surface area contributed by atoms with E-state index in [1.807, 2.05) is 0 Å². The summed E-state index contributed by atoms with van der Waals surface area (Å²) in [6.07, 6.45) is 0. The molecule has 1 amide bonds. The number of H-pyrrole nitrogens is 1. The monoisotopic (exact) mass is 355 g/mol. The fourth-order valence-electron chi connectivity index (χ4n) is 2.59. The van der Waals surface area contributed by atoms with E-state index in [0.717, 1.165) is 4.57 Å². The van der Waals surface area contributed by atoms with Crippen molar-refractivity contribution in [1.82, 2.24) is 9.55 Å². The molecule has 26 heavy (non-hydrogen) atoms. The number of carbonyl (C=O) groups is 1. The van der Waals surface area contributed by atoms with E-state index in [1.54, 1.807) is 42.5 Å². The molecule has 0 saturated carbocycles. The van der Waals surface area contributed by atoms with Gasteiger partial charge in [-0.15, -0.1) is 0 Å². The summed E-state index contributed by atoms with van der Waals surface area (Å²) in [5.41, 5.74) is -0.380. The van der Waals surface area contributed by atoms with Crippen molar-refractivity contribution in [3.05, 3.63) is 63.3 Å². The molecule has 0 atom stereocenters. The summed E-state index contributed by atoms with van der Waals surface area (Å²) >= 11 is 0. The topological polar surface area (TPSA) is 102 Å². The van der Waals surface area contributed by atoms with E-state index in [9.17, 15) is 14.4 Å². The van der Waals surface area contributed by atoms with Gasteiger partial charge < -0.3 is 19.8 Å². The molecule has 1 aromatic heterocycles. The molecule has 0 radical (unpaired) electrons. The second kappa shape index (κ2) is 7.14. The maximum atomic E-state index is 12.5. The molecule has 0 aliphatic carbocycles. The lowest BCUT2D eigenvalue weighted by molar-refractivity contribution is -0.116. The van der Waals surface area contributed by atoms with Gasteiger partial charge in [-0.1, -0.05) is 12.1 Å². The third kappa shape index (κ3) is 3.30. The summed E-state index contributed by atoms with van der Waals surface area (Å²) in [6.45, 7) is -0.431. The van der Waals surface area contributed by atoms with E-state index in [1.165, 1.54) is 14.2 Å². The van der Waals surface area contributed by atoms with E-state index >= 15 is 0 Å². The number of nitrogens with one attached hydrogen (secondary N) is 2. The molecule has 1 heterocycles. The summed E-state index contributed by atoms with van der Waals surface area (Å²) in [6, 6.07) is 11.5. The predicted molar refractivity (Wildman–Crippen MR) is 97.0 cm³/mol. The highest BCUT2D eigenvalue weighted by Gasteiger charge is 2.13. The number of methoxy groups -OCH3 is 2. The number of aromatic amines is 1. The number of anilines is 1. The summed E-state index contributed by atoms with van der Waals surface area (Å²) in [5, 5.41) is 2.96. The first-order chi connectivity index (χ1) is 12.5. The second-order valence-electron chi connectivity index (χ2n) is 5.48. The highest BCUT2D eigenvalue weighted by molar-refractivity contribution is 5.92. The molecule has 3 rings (SSSR count). The largest absolute Gasteiger partial charge is 0.497 e. The molecule has 134 valence electrons. The lowest BCUT2D eigenvalue weighted by Crippen LogP contribution is -2.38. The predicted octanol–water partition coefficient (Wildman–Crippen LogP) is 1.35. The standard InChI is InChI=1S/C18H17N3O5/c1-25-11-7-8-15(26-2)14(9-11)19-16(22)10-21-17(23)12-5-3-4-6-13(12)20-18(21)24/h3-9H,10H2,1-2H3,(H,19,22)(H,20,24). The molecule has 3 aromatic rings. The number of para-hydroxylation sites is 1. The van der Waals surface area contributed by atoms with E-state index in [0.29, 0.717) is 28.1 Å². The minimum absolute atomic E-state index is 0.332. The number of nitrogens with zero attached hydrogens (tertiary/aromatic N) is 1. The van der Waals surface area contributed by atoms with Gasteiger partial charge in [0.1, 0.15) is 18.0 Å². The smallest absolute Gasteiger partial charge is 0.329 e. The lowest BCUT2D eigenvalue weighted by Gasteiger charge is -2.12. The van der Waals surface area contributed by atoms with Crippen molar-refractivity contribution in [2.45, 2.75) is 6.54 Å². The van der Waals surface area contributed by atoms with E-state index in [4.69, 9.17) is 9.47 Å². The Morgan fingerprint density at radius 3 is 2.62 bits per heavy atom. The van der Waals surface area contributed by atoms with Crippen molar-refractivity contribution in [2.75, 3.05) is 19.5 Å². The van der Waals surface area contributed by atoms with Crippen molar-refractivity contribution in [1.29, 1.82) is 0 Å². The summed E-state index contributed by atoms with van der Waals surface area (Å²) < 4.78 is 11.2. The Bertz CT molecular complexity index is 1080. The van der Waals surface area contributed by atoms with Crippen LogP contribution in [-0.4, -0.2) is 29.7 Å². The number of aromatic nitrogens is 2. The number of rotatable bonds is 5. The Labute approximate surface area is 148 Å². The maximum absolute atomic E-state index is 12.5. The van der Waals surface area contributed by atoms with Crippen LogP contribution >= 0.6 is 0 Å². The Hall–Kier alpha value is -3.55. The van der Waals surface area contributed by atoms with Gasteiger partial charge in [0.15, 0.2) is 0 Å². The van der Waals surface area contributed by atoms with Gasteiger partial charge in [0.25, 0.3) is 5.56 Å². The van der Waals surface area contributed by atoms with Gasteiger partial charge in [0, 0.05) is 6.07 Å². The lowest BCUT2D eigenvalue weighted by atomic mass is 10.2. The van der Waals surface area contributed by atoms with Crippen LogP contribution in [0, 0.1) is 0 Å². The Kier molecular flexibility index (Phi) is 4.74. The highest BCUT2D eigenvalue weighted by atomic mass is 16.5. The zero-order valence-corrected chi connectivity index (χ0v) is 14.2. The number of carbonyl (C=O) groups excluding carboxylic acids is 1. The Balaban J connectivity index is 1.91. The Morgan fingerprint density at radius 1 is 1.12 bits per heavy atom. The normalized spacial score (nSPS) is 10.5. The molecular formula is C18H17N3O5. The van der Waals surface area contributed by atoms with Crippen LogP contribution in [0.3, 0.4) is 0 Å². The molecule has 2 N–H and O–H groups in total. The van der Waals surface area contributed by atoms with Crippen LogP contribution < -0.4 is 26.0 Å². The third-order valence-electron chi connectivity index (χ3n) is 3.87. The summed E-state index contributed by atoms with van der Waals surface area (Å²) in [7, 11) is 2.97. The van der Waals surface area contributed by atoms with Gasteiger partial charge in [0.05, 0.1) is 30.8 Å². The summed E-state index contributed by atoms with van der Waals surface area (Å²) in [5.74, 6) is 0.417. The molecule has 0 saturated heterocycles. The fraction of sp³-hybridized carbons (Fsp3) is 0.167. The molecule has 0 aliphatic heterocycles. The number of fused-ring (bicyclic) bond motifs is 1. The van der Waals surface area contributed by atoms with Gasteiger partial charge in [0.2, 0.25) is 5.91 Å². The molecular weight excluding hydrogens is 338 g/mol. The van der Waals surface area contributed by atoms with E-state index in [2.05, 4.69) is 10.3 Å². The molecule has 2 aromatic carbocycles. The van der Waals surface area contributed by atoms with Gasteiger partial charge in [-0.2, -0.15) is 0 Å². The number of ether oxygens (including phenoxy) is 2. The van der Waals surface area contributed by atoms with Crippen molar-refractivity contribution in [3.8, 4) is 11.5 Å². The fourth-order valence-corrected chi connectivity index (χ4v) is 2.59. The Morgan fingerprint density at radius 2 is 1.88 bits per heavy atom. The van der Waals surface area contributed by atoms with Gasteiger partial charge in [-0.25, -0.2) is 4.79 Å².